The van der Waals surface area contributed by atoms with Gasteiger partial charge < -0.3 is 24.8 Å². The van der Waals surface area contributed by atoms with Crippen LogP contribution in [0.4, 0.5) is 10.5 Å². The molecule has 0 aromatic heterocycles. The van der Waals surface area contributed by atoms with E-state index in [1.54, 1.807) is 54.5 Å². The van der Waals surface area contributed by atoms with Crippen LogP contribution in [0.5, 0.6) is 17.2 Å². The number of carbonyl (C=O) groups excluding carboxylic acids is 1. The van der Waals surface area contributed by atoms with E-state index in [0.29, 0.717) is 31.1 Å². The van der Waals surface area contributed by atoms with Crippen LogP contribution in [-0.4, -0.2) is 36.3 Å². The van der Waals surface area contributed by atoms with E-state index in [9.17, 15) is 9.90 Å². The summed E-state index contributed by atoms with van der Waals surface area (Å²) in [5, 5.41) is 12.6. The Kier molecular flexibility index (Phi) is 6.51. The maximum absolute atomic E-state index is 12.5. The van der Waals surface area contributed by atoms with Crippen LogP contribution in [0.2, 0.25) is 0 Å². The Morgan fingerprint density at radius 2 is 1.88 bits per heavy atom. The van der Waals surface area contributed by atoms with Crippen molar-refractivity contribution >= 4 is 11.7 Å². The number of nitrogens with zero attached hydrogens (tertiary/aromatic N) is 1. The first-order chi connectivity index (χ1) is 12.1. The smallest absolute Gasteiger partial charge is 0.322 e. The van der Waals surface area contributed by atoms with Gasteiger partial charge in [0.1, 0.15) is 5.75 Å². The Hall–Kier alpha value is -2.89. The van der Waals surface area contributed by atoms with Gasteiger partial charge in [-0.2, -0.15) is 0 Å². The molecule has 0 aliphatic heterocycles. The third kappa shape index (κ3) is 5.04. The van der Waals surface area contributed by atoms with Gasteiger partial charge in [-0.25, -0.2) is 4.79 Å². The minimum atomic E-state index is -0.196. The highest BCUT2D eigenvalue weighted by Crippen LogP contribution is 2.27. The van der Waals surface area contributed by atoms with E-state index in [1.165, 1.54) is 0 Å². The van der Waals surface area contributed by atoms with Gasteiger partial charge >= 0.3 is 6.03 Å². The molecular weight excluding hydrogens is 320 g/mol. The van der Waals surface area contributed by atoms with Gasteiger partial charge in [0.2, 0.25) is 0 Å². The molecular formula is C19H24N2O4. The van der Waals surface area contributed by atoms with Crippen molar-refractivity contribution in [1.82, 2.24) is 4.90 Å². The number of carbonyl (C=O) groups is 1. The topological polar surface area (TPSA) is 71.0 Å². The Morgan fingerprint density at radius 3 is 2.48 bits per heavy atom. The maximum Gasteiger partial charge on any atom is 0.322 e. The van der Waals surface area contributed by atoms with Gasteiger partial charge in [-0.3, -0.25) is 0 Å². The van der Waals surface area contributed by atoms with E-state index >= 15 is 0 Å². The molecule has 0 aliphatic rings. The van der Waals surface area contributed by atoms with Gasteiger partial charge in [-0.15, -0.1) is 0 Å². The number of hydrogen-bond acceptors (Lipinski definition) is 4. The van der Waals surface area contributed by atoms with E-state index in [2.05, 4.69) is 5.32 Å². The molecule has 2 aromatic rings. The molecule has 0 unspecified atom stereocenters. The predicted molar refractivity (Wildman–Crippen MR) is 97.4 cm³/mol. The lowest BCUT2D eigenvalue weighted by Crippen LogP contribution is -2.34. The minimum absolute atomic E-state index is 0.0938. The van der Waals surface area contributed by atoms with Gasteiger partial charge in [0.25, 0.3) is 0 Å². The number of methoxy groups -OCH3 is 1. The lowest BCUT2D eigenvalue weighted by atomic mass is 10.2. The van der Waals surface area contributed by atoms with E-state index < -0.39 is 0 Å². The molecule has 0 saturated heterocycles. The lowest BCUT2D eigenvalue weighted by molar-refractivity contribution is 0.212. The number of urea groups is 1. The highest BCUT2D eigenvalue weighted by atomic mass is 16.5. The van der Waals surface area contributed by atoms with Crippen molar-refractivity contribution in [3.05, 3.63) is 48.0 Å². The van der Waals surface area contributed by atoms with Gasteiger partial charge in [-0.1, -0.05) is 6.07 Å². The molecule has 0 aliphatic carbocycles. The summed E-state index contributed by atoms with van der Waals surface area (Å²) >= 11 is 0. The first kappa shape index (κ1) is 18.4. The number of nitrogens with one attached hydrogen (secondary N) is 1. The second kappa shape index (κ2) is 8.82. The van der Waals surface area contributed by atoms with Crippen LogP contribution in [0.25, 0.3) is 0 Å². The van der Waals surface area contributed by atoms with Gasteiger partial charge in [-0.05, 0) is 55.8 Å². The summed E-state index contributed by atoms with van der Waals surface area (Å²) in [6.45, 7) is 5.20. The zero-order chi connectivity index (χ0) is 18.2. The SMILES string of the molecule is CCOc1cc(CN(CC)C(=O)Nc2ccc(OC)cc2)ccc1O. The summed E-state index contributed by atoms with van der Waals surface area (Å²) in [7, 11) is 1.60. The quantitative estimate of drug-likeness (QED) is 0.800. The predicted octanol–water partition coefficient (Wildman–Crippen LogP) is 3.85. The molecule has 0 fully saturated rings. The van der Waals surface area contributed by atoms with E-state index in [4.69, 9.17) is 9.47 Å². The van der Waals surface area contributed by atoms with Crippen molar-refractivity contribution in [2.75, 3.05) is 25.6 Å². The van der Waals surface area contributed by atoms with Gasteiger partial charge in [0.05, 0.1) is 13.7 Å². The minimum Gasteiger partial charge on any atom is -0.504 e. The summed E-state index contributed by atoms with van der Waals surface area (Å²) in [4.78, 5) is 14.2. The molecule has 6 heteroatoms. The molecule has 0 heterocycles. The van der Waals surface area contributed by atoms with Gasteiger partial charge in [0, 0.05) is 18.8 Å². The Balaban J connectivity index is 2.05. The molecule has 0 spiro atoms. The molecule has 2 aromatic carbocycles. The zero-order valence-electron chi connectivity index (χ0n) is 14.8. The maximum atomic E-state index is 12.5. The highest BCUT2D eigenvalue weighted by Gasteiger charge is 2.14. The monoisotopic (exact) mass is 344 g/mol. The van der Waals surface area contributed by atoms with E-state index in [1.807, 2.05) is 13.8 Å². The second-order valence-electron chi connectivity index (χ2n) is 5.41. The lowest BCUT2D eigenvalue weighted by Gasteiger charge is -2.22. The fraction of sp³-hybridized carbons (Fsp3) is 0.316. The number of anilines is 1. The first-order valence-corrected chi connectivity index (χ1v) is 8.22. The fourth-order valence-electron chi connectivity index (χ4n) is 2.35. The fourth-order valence-corrected chi connectivity index (χ4v) is 2.35. The summed E-state index contributed by atoms with van der Waals surface area (Å²) < 4.78 is 10.5. The molecule has 0 bridgehead atoms. The summed E-state index contributed by atoms with van der Waals surface area (Å²) in [6.07, 6.45) is 0. The number of rotatable bonds is 7. The molecule has 2 rings (SSSR count). The number of amides is 2. The number of phenolic OH excluding ortho intramolecular Hbond substituents is 1. The summed E-state index contributed by atoms with van der Waals surface area (Å²) in [5.41, 5.74) is 1.58. The van der Waals surface area contributed by atoms with Crippen LogP contribution >= 0.6 is 0 Å². The standard InChI is InChI=1S/C19H24N2O4/c1-4-21(13-14-6-11-17(22)18(12-14)25-5-2)19(23)20-15-7-9-16(24-3)10-8-15/h6-12,22H,4-5,13H2,1-3H3,(H,20,23). The average Bonchev–Trinajstić information content (AvgIpc) is 2.63. The van der Waals surface area contributed by atoms with Crippen LogP contribution in [-0.2, 0) is 6.54 Å². The highest BCUT2D eigenvalue weighted by molar-refractivity contribution is 5.89. The third-order valence-corrected chi connectivity index (χ3v) is 3.71. The van der Waals surface area contributed by atoms with Crippen LogP contribution in [0.15, 0.2) is 42.5 Å². The third-order valence-electron chi connectivity index (χ3n) is 3.71. The van der Waals surface area contributed by atoms with Crippen LogP contribution in [0, 0.1) is 0 Å². The van der Waals surface area contributed by atoms with Crippen molar-refractivity contribution in [3.63, 3.8) is 0 Å². The number of phenols is 1. The van der Waals surface area contributed by atoms with E-state index in [-0.39, 0.29) is 11.8 Å². The molecule has 0 saturated carbocycles. The van der Waals surface area contributed by atoms with Crippen LogP contribution in [0.1, 0.15) is 19.4 Å². The molecule has 0 radical (unpaired) electrons. The van der Waals surface area contributed by atoms with Gasteiger partial charge in [0.15, 0.2) is 11.5 Å². The molecule has 6 nitrogen and oxygen atoms in total. The largest absolute Gasteiger partial charge is 0.504 e. The average molecular weight is 344 g/mol. The molecule has 0 atom stereocenters. The molecule has 2 N–H and O–H groups in total. The van der Waals surface area contributed by atoms with Crippen molar-refractivity contribution < 1.29 is 19.4 Å². The Bertz CT molecular complexity index is 701. The summed E-state index contributed by atoms with van der Waals surface area (Å²) in [6, 6.07) is 12.1. The van der Waals surface area contributed by atoms with Crippen molar-refractivity contribution in [2.24, 2.45) is 0 Å². The van der Waals surface area contributed by atoms with Crippen molar-refractivity contribution in [3.8, 4) is 17.2 Å². The second-order valence-corrected chi connectivity index (χ2v) is 5.41. The van der Waals surface area contributed by atoms with Crippen molar-refractivity contribution in [1.29, 1.82) is 0 Å². The Morgan fingerprint density at radius 1 is 1.16 bits per heavy atom. The molecule has 25 heavy (non-hydrogen) atoms. The van der Waals surface area contributed by atoms with Crippen molar-refractivity contribution in [2.45, 2.75) is 20.4 Å². The Labute approximate surface area is 148 Å². The number of aromatic hydroxyl groups is 1. The van der Waals surface area contributed by atoms with E-state index in [0.717, 1.165) is 11.3 Å². The first-order valence-electron chi connectivity index (χ1n) is 8.22. The molecule has 2 amide bonds. The molecule has 134 valence electrons. The number of hydrogen-bond donors (Lipinski definition) is 2. The van der Waals surface area contributed by atoms with Crippen LogP contribution in [0.3, 0.4) is 0 Å². The number of ether oxygens (including phenoxy) is 2. The van der Waals surface area contributed by atoms with Crippen LogP contribution < -0.4 is 14.8 Å². The summed E-state index contributed by atoms with van der Waals surface area (Å²) in [5.74, 6) is 1.25. The zero-order valence-corrected chi connectivity index (χ0v) is 14.8. The normalized spacial score (nSPS) is 10.2. The number of benzene rings is 2.